The molecule has 9 aromatic rings. The molecule has 0 saturated heterocycles. The highest BCUT2D eigenvalue weighted by molar-refractivity contribution is 6.16. The number of anilines is 3. The number of benzene rings is 8. The van der Waals surface area contributed by atoms with E-state index in [4.69, 9.17) is 4.42 Å². The van der Waals surface area contributed by atoms with E-state index in [1.165, 1.54) is 43.8 Å². The van der Waals surface area contributed by atoms with Gasteiger partial charge in [-0.1, -0.05) is 146 Å². The molecule has 0 fully saturated rings. The SMILES string of the molecule is c1ccc(-c2cccc(N3c4ccc5c(ccc6ccccc65)c4NC3c3ccc(-c4ccccc4)c4c3oc3ccccc34)c2)cc1. The molecule has 0 amide bonds. The van der Waals surface area contributed by atoms with Gasteiger partial charge >= 0.3 is 0 Å². The lowest BCUT2D eigenvalue weighted by Crippen LogP contribution is -2.23. The summed E-state index contributed by atoms with van der Waals surface area (Å²) in [5.74, 6) is 0. The third-order valence-electron chi connectivity index (χ3n) is 9.87. The van der Waals surface area contributed by atoms with Crippen LogP contribution in [0.1, 0.15) is 11.7 Å². The predicted octanol–water partition coefficient (Wildman–Crippen LogP) is 12.5. The molecule has 1 unspecified atom stereocenters. The molecule has 1 aliphatic heterocycles. The first-order valence-electron chi connectivity index (χ1n) is 16.5. The lowest BCUT2D eigenvalue weighted by atomic mass is 9.96. The Morgan fingerprint density at radius 1 is 0.500 bits per heavy atom. The number of nitrogens with one attached hydrogen (secondary N) is 1. The van der Waals surface area contributed by atoms with E-state index in [-0.39, 0.29) is 6.17 Å². The molecule has 1 aliphatic rings. The van der Waals surface area contributed by atoms with Gasteiger partial charge in [-0.2, -0.15) is 0 Å². The molecule has 2 heterocycles. The fraction of sp³-hybridized carbons (Fsp3) is 0.0222. The van der Waals surface area contributed by atoms with E-state index in [0.29, 0.717) is 0 Å². The van der Waals surface area contributed by atoms with Crippen molar-refractivity contribution in [1.82, 2.24) is 0 Å². The van der Waals surface area contributed by atoms with Crippen molar-refractivity contribution in [2.45, 2.75) is 6.17 Å². The Balaban J connectivity index is 1.23. The second-order valence-electron chi connectivity index (χ2n) is 12.5. The van der Waals surface area contributed by atoms with Crippen LogP contribution in [-0.2, 0) is 0 Å². The first kappa shape index (κ1) is 26.9. The van der Waals surface area contributed by atoms with Crippen molar-refractivity contribution >= 4 is 60.5 Å². The number of fused-ring (bicyclic) bond motifs is 8. The third-order valence-corrected chi connectivity index (χ3v) is 9.87. The van der Waals surface area contributed by atoms with Gasteiger partial charge in [0.25, 0.3) is 0 Å². The predicted molar refractivity (Wildman–Crippen MR) is 201 cm³/mol. The summed E-state index contributed by atoms with van der Waals surface area (Å²) in [4.78, 5) is 2.44. The number of nitrogens with zero attached hydrogens (tertiary/aromatic N) is 1. The number of rotatable bonds is 4. The van der Waals surface area contributed by atoms with Gasteiger partial charge in [0.15, 0.2) is 0 Å². The van der Waals surface area contributed by atoms with Gasteiger partial charge in [0.1, 0.15) is 17.3 Å². The Kier molecular flexibility index (Phi) is 5.94. The minimum Gasteiger partial charge on any atom is -0.456 e. The fourth-order valence-corrected chi connectivity index (χ4v) is 7.66. The molecule has 1 N–H and O–H groups in total. The maximum Gasteiger partial charge on any atom is 0.143 e. The third kappa shape index (κ3) is 4.08. The molecule has 1 aromatic heterocycles. The molecule has 226 valence electrons. The number of furan rings is 1. The van der Waals surface area contributed by atoms with Gasteiger partial charge in [-0.3, -0.25) is 0 Å². The van der Waals surface area contributed by atoms with E-state index in [2.05, 4.69) is 174 Å². The van der Waals surface area contributed by atoms with Crippen LogP contribution in [0.15, 0.2) is 174 Å². The van der Waals surface area contributed by atoms with Crippen molar-refractivity contribution in [3.63, 3.8) is 0 Å². The summed E-state index contributed by atoms with van der Waals surface area (Å²) in [5.41, 5.74) is 11.0. The molecule has 0 saturated carbocycles. The smallest absolute Gasteiger partial charge is 0.143 e. The van der Waals surface area contributed by atoms with Crippen molar-refractivity contribution in [3.8, 4) is 22.3 Å². The lowest BCUT2D eigenvalue weighted by Gasteiger charge is -2.28. The van der Waals surface area contributed by atoms with Crippen molar-refractivity contribution in [3.05, 3.63) is 175 Å². The van der Waals surface area contributed by atoms with E-state index >= 15 is 0 Å². The first-order chi connectivity index (χ1) is 23.8. The van der Waals surface area contributed by atoms with Gasteiger partial charge in [-0.25, -0.2) is 0 Å². The molecule has 0 aliphatic carbocycles. The minimum absolute atomic E-state index is 0.212. The highest BCUT2D eigenvalue weighted by Crippen LogP contribution is 2.52. The van der Waals surface area contributed by atoms with Gasteiger partial charge in [0, 0.05) is 27.4 Å². The molecule has 48 heavy (non-hydrogen) atoms. The van der Waals surface area contributed by atoms with Crippen LogP contribution in [0, 0.1) is 0 Å². The minimum atomic E-state index is -0.212. The van der Waals surface area contributed by atoms with Crippen LogP contribution in [0.4, 0.5) is 17.1 Å². The zero-order valence-electron chi connectivity index (χ0n) is 26.1. The summed E-state index contributed by atoms with van der Waals surface area (Å²) in [6.07, 6.45) is -0.212. The number of hydrogen-bond acceptors (Lipinski definition) is 3. The maximum absolute atomic E-state index is 6.81. The second-order valence-corrected chi connectivity index (χ2v) is 12.5. The summed E-state index contributed by atoms with van der Waals surface area (Å²) < 4.78 is 6.81. The zero-order valence-corrected chi connectivity index (χ0v) is 26.1. The molecular formula is C45H30N2O. The maximum atomic E-state index is 6.81. The van der Waals surface area contributed by atoms with Crippen LogP contribution in [0.2, 0.25) is 0 Å². The average molecular weight is 615 g/mol. The van der Waals surface area contributed by atoms with E-state index in [0.717, 1.165) is 44.6 Å². The average Bonchev–Trinajstić information content (AvgIpc) is 3.75. The Labute approximate surface area is 278 Å². The van der Waals surface area contributed by atoms with E-state index in [1.54, 1.807) is 0 Å². The van der Waals surface area contributed by atoms with E-state index in [1.807, 2.05) is 6.07 Å². The molecule has 3 nitrogen and oxygen atoms in total. The molecule has 10 rings (SSSR count). The summed E-state index contributed by atoms with van der Waals surface area (Å²) in [7, 11) is 0. The van der Waals surface area contributed by atoms with Gasteiger partial charge < -0.3 is 14.6 Å². The molecule has 0 radical (unpaired) electrons. The Bertz CT molecular complexity index is 2660. The quantitative estimate of drug-likeness (QED) is 0.200. The van der Waals surface area contributed by atoms with Crippen molar-refractivity contribution in [2.24, 2.45) is 0 Å². The van der Waals surface area contributed by atoms with Crippen LogP contribution in [-0.4, -0.2) is 0 Å². The van der Waals surface area contributed by atoms with Gasteiger partial charge in [-0.15, -0.1) is 0 Å². The summed E-state index contributed by atoms with van der Waals surface area (Å²) in [6, 6.07) is 60.7. The van der Waals surface area contributed by atoms with Crippen LogP contribution in [0.5, 0.6) is 0 Å². The largest absolute Gasteiger partial charge is 0.456 e. The highest BCUT2D eigenvalue weighted by atomic mass is 16.3. The molecule has 8 aromatic carbocycles. The summed E-state index contributed by atoms with van der Waals surface area (Å²) in [5, 5.41) is 11.2. The molecule has 0 bridgehead atoms. The normalized spacial score (nSPS) is 14.2. The van der Waals surface area contributed by atoms with Gasteiger partial charge in [0.2, 0.25) is 0 Å². The van der Waals surface area contributed by atoms with Crippen molar-refractivity contribution in [1.29, 1.82) is 0 Å². The fourth-order valence-electron chi connectivity index (χ4n) is 7.66. The van der Waals surface area contributed by atoms with Crippen LogP contribution in [0.25, 0.3) is 65.7 Å². The first-order valence-corrected chi connectivity index (χ1v) is 16.5. The van der Waals surface area contributed by atoms with Crippen LogP contribution in [0.3, 0.4) is 0 Å². The molecule has 0 spiro atoms. The van der Waals surface area contributed by atoms with Crippen molar-refractivity contribution < 1.29 is 4.42 Å². The van der Waals surface area contributed by atoms with E-state index in [9.17, 15) is 0 Å². The standard InChI is InChI=1S/C45H30N2O/c1-3-12-29(13-4-1)32-17-11-18-33(28-32)47-40-27-26-36-34-19-8-7-16-31(34)22-23-37(36)43(40)46-45(47)39-25-24-35(30-14-5-2-6-15-30)42-38-20-9-10-21-41(38)48-44(39)42/h1-28,45-46H. The van der Waals surface area contributed by atoms with E-state index < -0.39 is 0 Å². The lowest BCUT2D eigenvalue weighted by molar-refractivity contribution is 0.656. The van der Waals surface area contributed by atoms with Crippen LogP contribution >= 0.6 is 0 Å². The topological polar surface area (TPSA) is 28.4 Å². The molecular weight excluding hydrogens is 585 g/mol. The van der Waals surface area contributed by atoms with Gasteiger partial charge in [0.05, 0.1) is 11.4 Å². The molecule has 3 heteroatoms. The summed E-state index contributed by atoms with van der Waals surface area (Å²) in [6.45, 7) is 0. The Morgan fingerprint density at radius 3 is 2.06 bits per heavy atom. The molecule has 1 atom stereocenters. The van der Waals surface area contributed by atoms with Crippen LogP contribution < -0.4 is 10.2 Å². The summed E-state index contributed by atoms with van der Waals surface area (Å²) >= 11 is 0. The Hall–Kier alpha value is -6.32. The number of hydrogen-bond donors (Lipinski definition) is 1. The monoisotopic (exact) mass is 614 g/mol. The van der Waals surface area contributed by atoms with Gasteiger partial charge in [-0.05, 0) is 62.7 Å². The Morgan fingerprint density at radius 2 is 1.21 bits per heavy atom. The zero-order chi connectivity index (χ0) is 31.6. The number of para-hydroxylation sites is 1. The highest BCUT2D eigenvalue weighted by Gasteiger charge is 2.35. The second kappa shape index (κ2) is 10.6. The van der Waals surface area contributed by atoms with Crippen molar-refractivity contribution in [2.75, 3.05) is 10.2 Å².